The van der Waals surface area contributed by atoms with E-state index in [1.54, 1.807) is 35.8 Å². The standard InChI is InChI=1S/C19H20N4O3/c1-13-9-15(11-21(2)18(13)24)14-3-4-17-20-10-16(23(17)12-14)19(25)22-5-7-26-8-6-22/h3-4,9-12H,5-8H2,1-2H3. The highest BCUT2D eigenvalue weighted by molar-refractivity contribution is 5.93. The van der Waals surface area contributed by atoms with Gasteiger partial charge in [-0.1, -0.05) is 0 Å². The van der Waals surface area contributed by atoms with E-state index in [1.807, 2.05) is 28.8 Å². The smallest absolute Gasteiger partial charge is 0.272 e. The lowest BCUT2D eigenvalue weighted by Gasteiger charge is -2.26. The van der Waals surface area contributed by atoms with Gasteiger partial charge in [-0.3, -0.25) is 14.0 Å². The Kier molecular flexibility index (Phi) is 4.08. The second kappa shape index (κ2) is 6.42. The average Bonchev–Trinajstić information content (AvgIpc) is 3.09. The summed E-state index contributed by atoms with van der Waals surface area (Å²) in [5, 5.41) is 0. The van der Waals surface area contributed by atoms with Crippen LogP contribution in [-0.2, 0) is 11.8 Å². The molecule has 1 fully saturated rings. The molecule has 1 saturated heterocycles. The monoisotopic (exact) mass is 352 g/mol. The third kappa shape index (κ3) is 2.80. The van der Waals surface area contributed by atoms with E-state index < -0.39 is 0 Å². The largest absolute Gasteiger partial charge is 0.378 e. The normalized spacial score (nSPS) is 14.8. The molecule has 0 bridgehead atoms. The van der Waals surface area contributed by atoms with Crippen LogP contribution < -0.4 is 5.56 Å². The topological polar surface area (TPSA) is 68.8 Å². The molecule has 134 valence electrons. The maximum absolute atomic E-state index is 12.8. The van der Waals surface area contributed by atoms with Crippen molar-refractivity contribution < 1.29 is 9.53 Å². The van der Waals surface area contributed by atoms with E-state index in [4.69, 9.17) is 4.74 Å². The Morgan fingerprint density at radius 3 is 2.65 bits per heavy atom. The van der Waals surface area contributed by atoms with Gasteiger partial charge in [0.2, 0.25) is 0 Å². The van der Waals surface area contributed by atoms with Crippen LogP contribution in [0, 0.1) is 6.92 Å². The second-order valence-electron chi connectivity index (χ2n) is 6.52. The highest BCUT2D eigenvalue weighted by Crippen LogP contribution is 2.21. The fourth-order valence-corrected chi connectivity index (χ4v) is 3.27. The van der Waals surface area contributed by atoms with Crippen LogP contribution in [0.15, 0.2) is 41.6 Å². The number of carbonyl (C=O) groups is 1. The Morgan fingerprint density at radius 1 is 1.15 bits per heavy atom. The Labute approximate surface area is 150 Å². The van der Waals surface area contributed by atoms with E-state index >= 15 is 0 Å². The molecule has 0 unspecified atom stereocenters. The predicted octanol–water partition coefficient (Wildman–Crippen LogP) is 1.48. The zero-order chi connectivity index (χ0) is 18.3. The molecule has 7 nitrogen and oxygen atoms in total. The fraction of sp³-hybridized carbons (Fsp3) is 0.316. The highest BCUT2D eigenvalue weighted by Gasteiger charge is 2.21. The lowest BCUT2D eigenvalue weighted by molar-refractivity contribution is 0.0298. The summed E-state index contributed by atoms with van der Waals surface area (Å²) in [4.78, 5) is 30.9. The van der Waals surface area contributed by atoms with Gasteiger partial charge in [0.25, 0.3) is 11.5 Å². The SMILES string of the molecule is Cc1cc(-c2ccc3ncc(C(=O)N4CCOCC4)n3c2)cn(C)c1=O. The number of carbonyl (C=O) groups excluding carboxylic acids is 1. The molecule has 4 heterocycles. The summed E-state index contributed by atoms with van der Waals surface area (Å²) >= 11 is 0. The van der Waals surface area contributed by atoms with Crippen LogP contribution in [0.4, 0.5) is 0 Å². The molecule has 0 N–H and O–H groups in total. The van der Waals surface area contributed by atoms with Gasteiger partial charge in [0.05, 0.1) is 19.4 Å². The molecule has 1 aliphatic rings. The van der Waals surface area contributed by atoms with Crippen molar-refractivity contribution in [1.82, 2.24) is 18.9 Å². The molecule has 1 aliphatic heterocycles. The number of morpholine rings is 1. The number of amides is 1. The molecule has 0 saturated carbocycles. The lowest BCUT2D eigenvalue weighted by atomic mass is 10.1. The van der Waals surface area contributed by atoms with Crippen LogP contribution >= 0.6 is 0 Å². The maximum atomic E-state index is 12.8. The van der Waals surface area contributed by atoms with Gasteiger partial charge in [0.1, 0.15) is 11.3 Å². The number of imidazole rings is 1. The van der Waals surface area contributed by atoms with Gasteiger partial charge in [-0.15, -0.1) is 0 Å². The minimum atomic E-state index is -0.0467. The minimum absolute atomic E-state index is 0.0133. The quantitative estimate of drug-likeness (QED) is 0.701. The summed E-state index contributed by atoms with van der Waals surface area (Å²) < 4.78 is 8.70. The number of hydrogen-bond acceptors (Lipinski definition) is 4. The number of rotatable bonds is 2. The average molecular weight is 352 g/mol. The predicted molar refractivity (Wildman–Crippen MR) is 97.3 cm³/mol. The first-order valence-electron chi connectivity index (χ1n) is 8.56. The van der Waals surface area contributed by atoms with Crippen molar-refractivity contribution >= 4 is 11.6 Å². The van der Waals surface area contributed by atoms with E-state index in [2.05, 4.69) is 4.98 Å². The van der Waals surface area contributed by atoms with Gasteiger partial charge >= 0.3 is 0 Å². The van der Waals surface area contributed by atoms with Crippen molar-refractivity contribution in [3.8, 4) is 11.1 Å². The van der Waals surface area contributed by atoms with Crippen LogP contribution in [0.1, 0.15) is 16.1 Å². The van der Waals surface area contributed by atoms with Crippen LogP contribution in [0.3, 0.4) is 0 Å². The van der Waals surface area contributed by atoms with Crippen LogP contribution in [-0.4, -0.2) is 51.1 Å². The summed E-state index contributed by atoms with van der Waals surface area (Å²) in [5.41, 5.74) is 3.76. The molecule has 4 rings (SSSR count). The number of aromatic nitrogens is 3. The first-order chi connectivity index (χ1) is 12.5. The number of pyridine rings is 2. The summed E-state index contributed by atoms with van der Waals surface area (Å²) in [7, 11) is 1.74. The Hall–Kier alpha value is -2.93. The first kappa shape index (κ1) is 16.5. The molecule has 0 aromatic carbocycles. The van der Waals surface area contributed by atoms with E-state index in [1.165, 1.54) is 0 Å². The van der Waals surface area contributed by atoms with E-state index in [0.717, 1.165) is 11.1 Å². The van der Waals surface area contributed by atoms with Gasteiger partial charge in [0.15, 0.2) is 0 Å². The zero-order valence-corrected chi connectivity index (χ0v) is 14.8. The van der Waals surface area contributed by atoms with E-state index in [9.17, 15) is 9.59 Å². The molecular formula is C19H20N4O3. The molecule has 0 aliphatic carbocycles. The van der Waals surface area contributed by atoms with Crippen molar-refractivity contribution in [2.24, 2.45) is 7.05 Å². The molecule has 1 amide bonds. The van der Waals surface area contributed by atoms with Gasteiger partial charge in [0, 0.05) is 38.1 Å². The number of hydrogen-bond donors (Lipinski definition) is 0. The third-order valence-corrected chi connectivity index (χ3v) is 4.72. The second-order valence-corrected chi connectivity index (χ2v) is 6.52. The van der Waals surface area contributed by atoms with Crippen LogP contribution in [0.5, 0.6) is 0 Å². The summed E-state index contributed by atoms with van der Waals surface area (Å²) in [6, 6.07) is 5.69. The molecule has 3 aromatic heterocycles. The minimum Gasteiger partial charge on any atom is -0.378 e. The van der Waals surface area contributed by atoms with Crippen molar-refractivity contribution in [1.29, 1.82) is 0 Å². The maximum Gasteiger partial charge on any atom is 0.272 e. The van der Waals surface area contributed by atoms with Crippen molar-refractivity contribution in [2.75, 3.05) is 26.3 Å². The molecule has 0 spiro atoms. The van der Waals surface area contributed by atoms with E-state index in [-0.39, 0.29) is 11.5 Å². The van der Waals surface area contributed by atoms with Gasteiger partial charge in [-0.2, -0.15) is 0 Å². The Balaban J connectivity index is 1.77. The van der Waals surface area contributed by atoms with Crippen molar-refractivity contribution in [3.05, 3.63) is 58.4 Å². The molecule has 3 aromatic rings. The van der Waals surface area contributed by atoms with Crippen LogP contribution in [0.25, 0.3) is 16.8 Å². The fourth-order valence-electron chi connectivity index (χ4n) is 3.27. The van der Waals surface area contributed by atoms with Crippen molar-refractivity contribution in [2.45, 2.75) is 6.92 Å². The Bertz CT molecular complexity index is 1020. The lowest BCUT2D eigenvalue weighted by Crippen LogP contribution is -2.41. The Morgan fingerprint density at radius 2 is 1.92 bits per heavy atom. The summed E-state index contributed by atoms with van der Waals surface area (Å²) in [5.74, 6) is -0.0467. The highest BCUT2D eigenvalue weighted by atomic mass is 16.5. The molecule has 0 atom stereocenters. The first-order valence-corrected chi connectivity index (χ1v) is 8.56. The number of fused-ring (bicyclic) bond motifs is 1. The number of ether oxygens (including phenoxy) is 1. The summed E-state index contributed by atoms with van der Waals surface area (Å²) in [6.07, 6.45) is 5.31. The van der Waals surface area contributed by atoms with Crippen molar-refractivity contribution in [3.63, 3.8) is 0 Å². The molecule has 7 heteroatoms. The van der Waals surface area contributed by atoms with Gasteiger partial charge in [-0.25, -0.2) is 4.98 Å². The zero-order valence-electron chi connectivity index (χ0n) is 14.8. The van der Waals surface area contributed by atoms with E-state index in [0.29, 0.717) is 43.2 Å². The molecule has 0 radical (unpaired) electrons. The number of aryl methyl sites for hydroxylation is 2. The molecule has 26 heavy (non-hydrogen) atoms. The van der Waals surface area contributed by atoms with Crippen LogP contribution in [0.2, 0.25) is 0 Å². The molecular weight excluding hydrogens is 332 g/mol. The third-order valence-electron chi connectivity index (χ3n) is 4.72. The van der Waals surface area contributed by atoms with Gasteiger partial charge < -0.3 is 14.2 Å². The number of nitrogens with zero attached hydrogens (tertiary/aromatic N) is 4. The van der Waals surface area contributed by atoms with Gasteiger partial charge in [-0.05, 0) is 36.2 Å². The summed E-state index contributed by atoms with van der Waals surface area (Å²) in [6.45, 7) is 4.10.